The van der Waals surface area contributed by atoms with E-state index >= 15 is 0 Å². The Hall–Kier alpha value is -1.10. The van der Waals surface area contributed by atoms with Crippen LogP contribution in [0, 0.1) is 5.92 Å². The Morgan fingerprint density at radius 3 is 2.68 bits per heavy atom. The van der Waals surface area contributed by atoms with E-state index in [1.54, 1.807) is 12.1 Å². The number of likely N-dealkylation sites (tertiary alicyclic amines) is 1. The summed E-state index contributed by atoms with van der Waals surface area (Å²) in [6, 6.07) is 9.21. The Morgan fingerprint density at radius 2 is 2.05 bits per heavy atom. The number of nitrogens with zero attached hydrogens (tertiary/aromatic N) is 1. The molecule has 1 saturated heterocycles. The minimum Gasteiger partial charge on any atom is -0.458 e. The molecule has 0 radical (unpaired) electrons. The summed E-state index contributed by atoms with van der Waals surface area (Å²) < 4.78 is 11.1. The second kappa shape index (κ2) is 9.82. The molecular formula is C17H26ClNO3. The molecule has 2 unspecified atom stereocenters. The second-order valence-corrected chi connectivity index (χ2v) is 5.57. The van der Waals surface area contributed by atoms with Gasteiger partial charge in [0.25, 0.3) is 0 Å². The Bertz CT molecular complexity index is 441. The summed E-state index contributed by atoms with van der Waals surface area (Å²) in [6.45, 7) is 8.58. The van der Waals surface area contributed by atoms with Gasteiger partial charge >= 0.3 is 5.97 Å². The molecule has 1 fully saturated rings. The SMILES string of the molecule is CCOCCN1CCC(OC(=O)c2ccccc2)C(C)C1.Cl. The zero-order valence-corrected chi connectivity index (χ0v) is 14.2. The summed E-state index contributed by atoms with van der Waals surface area (Å²) in [7, 11) is 0. The number of ether oxygens (including phenoxy) is 2. The third kappa shape index (κ3) is 5.59. The van der Waals surface area contributed by atoms with Crippen LogP contribution in [-0.4, -0.2) is 49.8 Å². The lowest BCUT2D eigenvalue weighted by molar-refractivity contribution is -0.0148. The fourth-order valence-electron chi connectivity index (χ4n) is 2.71. The van der Waals surface area contributed by atoms with Crippen molar-refractivity contribution >= 4 is 18.4 Å². The van der Waals surface area contributed by atoms with E-state index in [0.29, 0.717) is 11.5 Å². The van der Waals surface area contributed by atoms with Crippen LogP contribution in [-0.2, 0) is 9.47 Å². The Kier molecular flexibility index (Phi) is 8.46. The smallest absolute Gasteiger partial charge is 0.338 e. The van der Waals surface area contributed by atoms with Gasteiger partial charge in [-0.25, -0.2) is 4.79 Å². The van der Waals surface area contributed by atoms with Gasteiger partial charge in [-0.1, -0.05) is 25.1 Å². The maximum absolute atomic E-state index is 12.1. The Labute approximate surface area is 139 Å². The largest absolute Gasteiger partial charge is 0.458 e. The van der Waals surface area contributed by atoms with Gasteiger partial charge in [-0.05, 0) is 25.5 Å². The number of hydrogen-bond donors (Lipinski definition) is 0. The molecule has 2 atom stereocenters. The molecule has 0 amide bonds. The average molecular weight is 328 g/mol. The molecule has 0 N–H and O–H groups in total. The summed E-state index contributed by atoms with van der Waals surface area (Å²) >= 11 is 0. The highest BCUT2D eigenvalue weighted by Crippen LogP contribution is 2.21. The highest BCUT2D eigenvalue weighted by Gasteiger charge is 2.28. The number of carbonyl (C=O) groups is 1. The second-order valence-electron chi connectivity index (χ2n) is 5.57. The van der Waals surface area contributed by atoms with Crippen LogP contribution in [0.3, 0.4) is 0 Å². The van der Waals surface area contributed by atoms with Crippen molar-refractivity contribution in [3.05, 3.63) is 35.9 Å². The van der Waals surface area contributed by atoms with Crippen molar-refractivity contribution in [3.8, 4) is 0 Å². The summed E-state index contributed by atoms with van der Waals surface area (Å²) in [5.74, 6) is 0.142. The molecule has 22 heavy (non-hydrogen) atoms. The van der Waals surface area contributed by atoms with Crippen LogP contribution >= 0.6 is 12.4 Å². The molecule has 5 heteroatoms. The van der Waals surface area contributed by atoms with E-state index in [1.165, 1.54) is 0 Å². The van der Waals surface area contributed by atoms with Gasteiger partial charge < -0.3 is 14.4 Å². The number of rotatable bonds is 6. The molecule has 1 aromatic rings. The maximum Gasteiger partial charge on any atom is 0.338 e. The van der Waals surface area contributed by atoms with Crippen molar-refractivity contribution in [2.45, 2.75) is 26.4 Å². The Morgan fingerprint density at radius 1 is 1.32 bits per heavy atom. The predicted octanol–water partition coefficient (Wildman–Crippen LogP) is 3.01. The number of carbonyl (C=O) groups excluding carboxylic acids is 1. The molecule has 1 aromatic carbocycles. The van der Waals surface area contributed by atoms with Crippen LogP contribution in [0.4, 0.5) is 0 Å². The van der Waals surface area contributed by atoms with Gasteiger partial charge in [0.1, 0.15) is 6.10 Å². The fourth-order valence-corrected chi connectivity index (χ4v) is 2.71. The van der Waals surface area contributed by atoms with Crippen LogP contribution < -0.4 is 0 Å². The third-order valence-corrected chi connectivity index (χ3v) is 3.93. The quantitative estimate of drug-likeness (QED) is 0.594. The first-order chi connectivity index (χ1) is 10.2. The predicted molar refractivity (Wildman–Crippen MR) is 89.6 cm³/mol. The minimum absolute atomic E-state index is 0. The molecule has 2 rings (SSSR count). The Balaban J connectivity index is 0.00000242. The zero-order chi connectivity index (χ0) is 15.1. The van der Waals surface area contributed by atoms with E-state index in [1.807, 2.05) is 25.1 Å². The van der Waals surface area contributed by atoms with Crippen molar-refractivity contribution < 1.29 is 14.3 Å². The van der Waals surface area contributed by atoms with Gasteiger partial charge in [-0.3, -0.25) is 0 Å². The minimum atomic E-state index is -0.213. The van der Waals surface area contributed by atoms with Gasteiger partial charge in [0.05, 0.1) is 12.2 Å². The fraction of sp³-hybridized carbons (Fsp3) is 0.588. The maximum atomic E-state index is 12.1. The normalized spacial score (nSPS) is 21.9. The molecule has 4 nitrogen and oxygen atoms in total. The third-order valence-electron chi connectivity index (χ3n) is 3.93. The topological polar surface area (TPSA) is 38.8 Å². The van der Waals surface area contributed by atoms with Crippen LogP contribution in [0.25, 0.3) is 0 Å². The lowest BCUT2D eigenvalue weighted by Gasteiger charge is -2.36. The summed E-state index contributed by atoms with van der Waals surface area (Å²) in [5, 5.41) is 0. The summed E-state index contributed by atoms with van der Waals surface area (Å²) in [4.78, 5) is 14.5. The van der Waals surface area contributed by atoms with E-state index < -0.39 is 0 Å². The van der Waals surface area contributed by atoms with Crippen LogP contribution in [0.5, 0.6) is 0 Å². The van der Waals surface area contributed by atoms with Crippen LogP contribution in [0.1, 0.15) is 30.6 Å². The highest BCUT2D eigenvalue weighted by atomic mass is 35.5. The van der Waals surface area contributed by atoms with Gasteiger partial charge in [0, 0.05) is 32.2 Å². The van der Waals surface area contributed by atoms with Crippen LogP contribution in [0.2, 0.25) is 0 Å². The molecule has 124 valence electrons. The zero-order valence-electron chi connectivity index (χ0n) is 13.4. The van der Waals surface area contributed by atoms with Crippen molar-refractivity contribution in [2.24, 2.45) is 5.92 Å². The average Bonchev–Trinajstić information content (AvgIpc) is 2.51. The number of esters is 1. The van der Waals surface area contributed by atoms with Gasteiger partial charge in [0.15, 0.2) is 0 Å². The standard InChI is InChI=1S/C17H25NO3.ClH/c1-3-20-12-11-18-10-9-16(14(2)13-18)21-17(19)15-7-5-4-6-8-15;/h4-8,14,16H,3,9-13H2,1-2H3;1H. The molecule has 1 aliphatic heterocycles. The first-order valence-electron chi connectivity index (χ1n) is 7.76. The van der Waals surface area contributed by atoms with Crippen molar-refractivity contribution in [2.75, 3.05) is 32.8 Å². The van der Waals surface area contributed by atoms with E-state index in [2.05, 4.69) is 11.8 Å². The molecule has 1 heterocycles. The summed E-state index contributed by atoms with van der Waals surface area (Å²) in [5.41, 5.74) is 0.628. The lowest BCUT2D eigenvalue weighted by Crippen LogP contribution is -2.44. The molecule has 0 saturated carbocycles. The molecule has 0 bridgehead atoms. The van der Waals surface area contributed by atoms with Crippen molar-refractivity contribution in [1.82, 2.24) is 4.90 Å². The molecule has 0 spiro atoms. The number of piperidine rings is 1. The lowest BCUT2D eigenvalue weighted by atomic mass is 9.96. The van der Waals surface area contributed by atoms with Gasteiger partial charge in [-0.15, -0.1) is 12.4 Å². The number of hydrogen-bond acceptors (Lipinski definition) is 4. The summed E-state index contributed by atoms with van der Waals surface area (Å²) in [6.07, 6.45) is 0.910. The van der Waals surface area contributed by atoms with Gasteiger partial charge in [-0.2, -0.15) is 0 Å². The molecule has 0 aliphatic carbocycles. The van der Waals surface area contributed by atoms with E-state index in [0.717, 1.165) is 39.3 Å². The monoisotopic (exact) mass is 327 g/mol. The number of benzene rings is 1. The molecule has 1 aliphatic rings. The van der Waals surface area contributed by atoms with E-state index in [-0.39, 0.29) is 24.5 Å². The van der Waals surface area contributed by atoms with E-state index in [9.17, 15) is 4.79 Å². The van der Waals surface area contributed by atoms with E-state index in [4.69, 9.17) is 9.47 Å². The van der Waals surface area contributed by atoms with Crippen molar-refractivity contribution in [3.63, 3.8) is 0 Å². The first kappa shape index (κ1) is 18.9. The number of halogens is 1. The first-order valence-corrected chi connectivity index (χ1v) is 7.76. The highest BCUT2D eigenvalue weighted by molar-refractivity contribution is 5.89. The van der Waals surface area contributed by atoms with Crippen molar-refractivity contribution in [1.29, 1.82) is 0 Å². The van der Waals surface area contributed by atoms with Crippen LogP contribution in [0.15, 0.2) is 30.3 Å². The van der Waals surface area contributed by atoms with Gasteiger partial charge in [0.2, 0.25) is 0 Å². The molecular weight excluding hydrogens is 302 g/mol. The molecule has 0 aromatic heterocycles.